The molecule has 2 heterocycles. The van der Waals surface area contributed by atoms with Gasteiger partial charge in [-0.25, -0.2) is 13.8 Å². The van der Waals surface area contributed by atoms with Gasteiger partial charge in [-0.2, -0.15) is 0 Å². The average Bonchev–Trinajstić information content (AvgIpc) is 3.21. The number of aromatic nitrogens is 2. The van der Waals surface area contributed by atoms with E-state index in [-0.39, 0.29) is 12.1 Å². The molecule has 1 N–H and O–H groups in total. The molecule has 0 saturated carbocycles. The highest BCUT2D eigenvalue weighted by molar-refractivity contribution is 7.15. The van der Waals surface area contributed by atoms with Crippen molar-refractivity contribution in [1.29, 1.82) is 0 Å². The Balaban J connectivity index is 1.56. The van der Waals surface area contributed by atoms with Gasteiger partial charge in [0.05, 0.1) is 17.8 Å². The number of amides is 1. The summed E-state index contributed by atoms with van der Waals surface area (Å²) in [4.78, 5) is 17.5. The number of nitrogens with zero attached hydrogens (tertiary/aromatic N) is 2. The summed E-state index contributed by atoms with van der Waals surface area (Å²) in [6.07, 6.45) is 1.84. The molecule has 4 aromatic rings. The summed E-state index contributed by atoms with van der Waals surface area (Å²) in [5.74, 6) is -1.75. The third-order valence-electron chi connectivity index (χ3n) is 3.97. The number of nitrogens with one attached hydrogen (secondary N) is 1. The summed E-state index contributed by atoms with van der Waals surface area (Å²) in [5, 5.41) is 4.86. The van der Waals surface area contributed by atoms with Crippen molar-refractivity contribution in [2.45, 2.75) is 6.42 Å². The number of halogens is 3. The zero-order chi connectivity index (χ0) is 19.0. The molecule has 0 fully saturated rings. The van der Waals surface area contributed by atoms with E-state index in [1.54, 1.807) is 12.1 Å². The largest absolute Gasteiger partial charge is 0.323 e. The minimum absolute atomic E-state index is 0.00632. The topological polar surface area (TPSA) is 46.4 Å². The van der Waals surface area contributed by atoms with E-state index in [1.807, 2.05) is 28.1 Å². The Hall–Kier alpha value is -2.77. The van der Waals surface area contributed by atoms with Crippen LogP contribution in [0, 0.1) is 11.6 Å². The van der Waals surface area contributed by atoms with Crippen LogP contribution in [-0.2, 0) is 11.2 Å². The van der Waals surface area contributed by atoms with Gasteiger partial charge in [-0.1, -0.05) is 23.7 Å². The Bertz CT molecular complexity index is 1140. The van der Waals surface area contributed by atoms with Crippen LogP contribution in [0.3, 0.4) is 0 Å². The summed E-state index contributed by atoms with van der Waals surface area (Å²) >= 11 is 7.31. The van der Waals surface area contributed by atoms with Crippen molar-refractivity contribution < 1.29 is 13.6 Å². The molecule has 2 aromatic heterocycles. The fourth-order valence-corrected chi connectivity index (χ4v) is 3.67. The quantitative estimate of drug-likeness (QED) is 0.510. The van der Waals surface area contributed by atoms with E-state index in [2.05, 4.69) is 10.3 Å². The van der Waals surface area contributed by atoms with E-state index in [9.17, 15) is 13.6 Å². The predicted octanol–water partition coefficient (Wildman–Crippen LogP) is 5.18. The summed E-state index contributed by atoms with van der Waals surface area (Å²) in [5.41, 5.74) is 2.19. The number of hydrogen-bond donors (Lipinski definition) is 1. The molecule has 4 nitrogen and oxygen atoms in total. The number of imidazole rings is 1. The minimum Gasteiger partial charge on any atom is -0.323 e. The molecule has 0 unspecified atom stereocenters. The summed E-state index contributed by atoms with van der Waals surface area (Å²) in [6, 6.07) is 10.2. The van der Waals surface area contributed by atoms with Crippen LogP contribution in [0.1, 0.15) is 5.69 Å². The van der Waals surface area contributed by atoms with Crippen molar-refractivity contribution >= 4 is 39.5 Å². The Morgan fingerprint density at radius 2 is 1.96 bits per heavy atom. The zero-order valence-corrected chi connectivity index (χ0v) is 15.3. The second kappa shape index (κ2) is 7.09. The van der Waals surface area contributed by atoms with Gasteiger partial charge in [0.15, 0.2) is 4.96 Å². The number of benzene rings is 2. The molecule has 8 heteroatoms. The first-order chi connectivity index (χ1) is 13.0. The lowest BCUT2D eigenvalue weighted by atomic mass is 10.2. The van der Waals surface area contributed by atoms with Gasteiger partial charge < -0.3 is 5.32 Å². The maximum absolute atomic E-state index is 13.7. The monoisotopic (exact) mass is 403 g/mol. The Morgan fingerprint density at radius 1 is 1.19 bits per heavy atom. The van der Waals surface area contributed by atoms with Gasteiger partial charge >= 0.3 is 0 Å². The normalized spacial score (nSPS) is 11.1. The van der Waals surface area contributed by atoms with Crippen LogP contribution in [-0.4, -0.2) is 15.3 Å². The van der Waals surface area contributed by atoms with Gasteiger partial charge in [-0.3, -0.25) is 9.20 Å². The molecule has 1 amide bonds. The van der Waals surface area contributed by atoms with Crippen molar-refractivity contribution in [2.75, 3.05) is 5.32 Å². The first-order valence-electron chi connectivity index (χ1n) is 7.96. The molecule has 0 aliphatic heterocycles. The zero-order valence-electron chi connectivity index (χ0n) is 13.7. The molecule has 2 aromatic carbocycles. The molecule has 0 atom stereocenters. The Morgan fingerprint density at radius 3 is 2.74 bits per heavy atom. The van der Waals surface area contributed by atoms with Crippen LogP contribution in [0.25, 0.3) is 16.2 Å². The molecular formula is C19H12ClF2N3OS. The van der Waals surface area contributed by atoms with Crippen LogP contribution in [0.4, 0.5) is 14.5 Å². The van der Waals surface area contributed by atoms with Gasteiger partial charge in [0.2, 0.25) is 5.91 Å². The third-order valence-corrected chi connectivity index (χ3v) is 5.11. The lowest BCUT2D eigenvalue weighted by molar-refractivity contribution is -0.115. The van der Waals surface area contributed by atoms with Crippen molar-refractivity contribution in [3.8, 4) is 11.3 Å². The van der Waals surface area contributed by atoms with Crippen LogP contribution in [0.15, 0.2) is 54.0 Å². The number of fused-ring (bicyclic) bond motifs is 1. The van der Waals surface area contributed by atoms with Crippen molar-refractivity contribution in [3.63, 3.8) is 0 Å². The van der Waals surface area contributed by atoms with Crippen LogP contribution in [0.2, 0.25) is 5.02 Å². The lowest BCUT2D eigenvalue weighted by Gasteiger charge is -2.06. The summed E-state index contributed by atoms with van der Waals surface area (Å²) in [6.45, 7) is 0. The SMILES string of the molecule is O=C(Cc1csc2nc(-c3ccc(Cl)cc3)cn12)Nc1cc(F)ccc1F. The number of hydrogen-bond acceptors (Lipinski definition) is 3. The van der Waals surface area contributed by atoms with E-state index in [4.69, 9.17) is 11.6 Å². The van der Waals surface area contributed by atoms with Gasteiger partial charge in [-0.15, -0.1) is 11.3 Å². The first-order valence-corrected chi connectivity index (χ1v) is 9.21. The number of carbonyl (C=O) groups is 1. The maximum atomic E-state index is 13.7. The number of thiazole rings is 1. The highest BCUT2D eigenvalue weighted by Crippen LogP contribution is 2.25. The average molecular weight is 404 g/mol. The number of rotatable bonds is 4. The van der Waals surface area contributed by atoms with Crippen LogP contribution < -0.4 is 5.32 Å². The number of carbonyl (C=O) groups excluding carboxylic acids is 1. The maximum Gasteiger partial charge on any atom is 0.230 e. The van der Waals surface area contributed by atoms with Crippen molar-refractivity contribution in [1.82, 2.24) is 9.38 Å². The smallest absolute Gasteiger partial charge is 0.230 e. The van der Waals surface area contributed by atoms with E-state index in [1.165, 1.54) is 11.3 Å². The van der Waals surface area contributed by atoms with Crippen LogP contribution in [0.5, 0.6) is 0 Å². The van der Waals surface area contributed by atoms with Gasteiger partial charge in [0, 0.05) is 33.9 Å². The Labute approximate surface area is 162 Å². The van der Waals surface area contributed by atoms with Gasteiger partial charge in [0.25, 0.3) is 0 Å². The predicted molar refractivity (Wildman–Crippen MR) is 102 cm³/mol. The molecule has 136 valence electrons. The van der Waals surface area contributed by atoms with Gasteiger partial charge in [0.1, 0.15) is 11.6 Å². The summed E-state index contributed by atoms with van der Waals surface area (Å²) in [7, 11) is 0. The van der Waals surface area contributed by atoms with Gasteiger partial charge in [-0.05, 0) is 24.3 Å². The van der Waals surface area contributed by atoms with E-state index in [0.29, 0.717) is 10.7 Å². The Kier molecular flexibility index (Phi) is 4.63. The standard InChI is InChI=1S/C19H12ClF2N3OS/c20-12-3-1-11(2-4-12)17-9-25-14(10-27-19(25)24-17)8-18(26)23-16-7-13(21)5-6-15(16)22/h1-7,9-10H,8H2,(H,23,26). The molecule has 0 saturated heterocycles. The molecule has 4 rings (SSSR count). The first kappa shape index (κ1) is 17.6. The molecular weight excluding hydrogens is 392 g/mol. The number of anilines is 1. The highest BCUT2D eigenvalue weighted by atomic mass is 35.5. The summed E-state index contributed by atoms with van der Waals surface area (Å²) < 4.78 is 28.7. The minimum atomic E-state index is -0.687. The van der Waals surface area contributed by atoms with Crippen molar-refractivity contribution in [3.05, 3.63) is 76.4 Å². The molecule has 0 spiro atoms. The lowest BCUT2D eigenvalue weighted by Crippen LogP contribution is -2.16. The fourth-order valence-electron chi connectivity index (χ4n) is 2.67. The molecule has 27 heavy (non-hydrogen) atoms. The molecule has 0 radical (unpaired) electrons. The second-order valence-electron chi connectivity index (χ2n) is 5.86. The highest BCUT2D eigenvalue weighted by Gasteiger charge is 2.14. The van der Waals surface area contributed by atoms with E-state index >= 15 is 0 Å². The molecule has 0 aliphatic rings. The van der Waals surface area contributed by atoms with Crippen LogP contribution >= 0.6 is 22.9 Å². The fraction of sp³-hybridized carbons (Fsp3) is 0.0526. The second-order valence-corrected chi connectivity index (χ2v) is 7.13. The van der Waals surface area contributed by atoms with E-state index < -0.39 is 17.5 Å². The third kappa shape index (κ3) is 3.70. The van der Waals surface area contributed by atoms with Crippen molar-refractivity contribution in [2.24, 2.45) is 0 Å². The van der Waals surface area contributed by atoms with E-state index in [0.717, 1.165) is 34.4 Å². The molecule has 0 aliphatic carbocycles. The molecule has 0 bridgehead atoms.